The lowest BCUT2D eigenvalue weighted by atomic mass is 10.2. The summed E-state index contributed by atoms with van der Waals surface area (Å²) >= 11 is 0. The average molecular weight is 292 g/mol. The van der Waals surface area contributed by atoms with Gasteiger partial charge in [0, 0.05) is 19.2 Å². The molecule has 0 bridgehead atoms. The maximum Gasteiger partial charge on any atom is 0.306 e. The van der Waals surface area contributed by atoms with E-state index in [4.69, 9.17) is 5.11 Å². The molecule has 1 aromatic rings. The summed E-state index contributed by atoms with van der Waals surface area (Å²) in [5.41, 5.74) is -1.01. The van der Waals surface area contributed by atoms with E-state index < -0.39 is 26.5 Å². The van der Waals surface area contributed by atoms with Gasteiger partial charge in [0.05, 0.1) is 9.82 Å². The molecule has 106 valence electrons. The minimum atomic E-state index is -3.96. The molecular weight excluding hydrogens is 279 g/mol. The molecule has 1 rings (SSSR count). The summed E-state index contributed by atoms with van der Waals surface area (Å²) in [6, 6.07) is 1.69. The number of hydrogen-bond acceptors (Lipinski definition) is 5. The van der Waals surface area contributed by atoms with Gasteiger partial charge in [-0.3, -0.25) is 10.1 Å². The highest BCUT2D eigenvalue weighted by molar-refractivity contribution is 7.89. The van der Waals surface area contributed by atoms with Crippen molar-refractivity contribution >= 4 is 15.7 Å². The van der Waals surface area contributed by atoms with Crippen LogP contribution in [-0.4, -0.2) is 31.6 Å². The highest BCUT2D eigenvalue weighted by Crippen LogP contribution is 2.24. The zero-order valence-corrected chi connectivity index (χ0v) is 10.9. The van der Waals surface area contributed by atoms with Crippen molar-refractivity contribution in [2.75, 3.05) is 13.2 Å². The van der Waals surface area contributed by atoms with Gasteiger partial charge in [-0.05, 0) is 25.0 Å². The summed E-state index contributed by atoms with van der Waals surface area (Å²) in [5, 5.41) is 19.2. The number of sulfonamides is 1. The number of halogens is 1. The van der Waals surface area contributed by atoms with Crippen molar-refractivity contribution in [1.29, 1.82) is 0 Å². The molecule has 0 saturated heterocycles. The van der Waals surface area contributed by atoms with Gasteiger partial charge in [-0.1, -0.05) is 0 Å². The standard InChI is InChI=1S/C10H13FN2O5S/c1-7-5-8(6-9(10(7)11)13(15)16)19(17,18)12-3-2-4-14/h5-6,12,14H,2-4H2,1H3. The van der Waals surface area contributed by atoms with Gasteiger partial charge in [0.15, 0.2) is 0 Å². The number of nitrogens with zero attached hydrogens (tertiary/aromatic N) is 1. The van der Waals surface area contributed by atoms with Crippen LogP contribution in [0.25, 0.3) is 0 Å². The third-order valence-electron chi connectivity index (χ3n) is 2.34. The average Bonchev–Trinajstić information content (AvgIpc) is 2.32. The molecule has 0 atom stereocenters. The van der Waals surface area contributed by atoms with Crippen LogP contribution in [0.15, 0.2) is 17.0 Å². The summed E-state index contributed by atoms with van der Waals surface area (Å²) in [6.45, 7) is 1.04. The second-order valence-electron chi connectivity index (χ2n) is 3.81. The van der Waals surface area contributed by atoms with E-state index in [1.807, 2.05) is 0 Å². The Bertz CT molecular complexity index is 588. The summed E-state index contributed by atoms with van der Waals surface area (Å²) in [4.78, 5) is 9.28. The fourth-order valence-corrected chi connectivity index (χ4v) is 2.55. The Hall–Kier alpha value is -1.58. The zero-order chi connectivity index (χ0) is 14.6. The molecule has 0 spiro atoms. The molecule has 0 saturated carbocycles. The Morgan fingerprint density at radius 1 is 1.47 bits per heavy atom. The summed E-state index contributed by atoms with van der Waals surface area (Å²) in [5.74, 6) is -1.06. The third kappa shape index (κ3) is 3.69. The van der Waals surface area contributed by atoms with E-state index in [9.17, 15) is 22.9 Å². The quantitative estimate of drug-likeness (QED) is 0.455. The number of benzene rings is 1. The lowest BCUT2D eigenvalue weighted by Crippen LogP contribution is -2.25. The van der Waals surface area contributed by atoms with Gasteiger partial charge in [-0.25, -0.2) is 13.1 Å². The SMILES string of the molecule is Cc1cc(S(=O)(=O)NCCCO)cc([N+](=O)[O-])c1F. The minimum Gasteiger partial charge on any atom is -0.396 e. The van der Waals surface area contributed by atoms with E-state index in [-0.39, 0.29) is 30.0 Å². The van der Waals surface area contributed by atoms with Gasteiger partial charge in [-0.15, -0.1) is 0 Å². The lowest BCUT2D eigenvalue weighted by Gasteiger charge is -2.07. The number of rotatable bonds is 6. The van der Waals surface area contributed by atoms with Crippen molar-refractivity contribution in [3.05, 3.63) is 33.6 Å². The van der Waals surface area contributed by atoms with Crippen LogP contribution < -0.4 is 4.72 Å². The van der Waals surface area contributed by atoms with E-state index >= 15 is 0 Å². The van der Waals surface area contributed by atoms with Crippen LogP contribution in [0.2, 0.25) is 0 Å². The molecule has 0 fully saturated rings. The molecule has 1 aromatic carbocycles. The van der Waals surface area contributed by atoms with Gasteiger partial charge in [0.1, 0.15) is 0 Å². The summed E-state index contributed by atoms with van der Waals surface area (Å²) in [6.07, 6.45) is 0.210. The Morgan fingerprint density at radius 2 is 2.11 bits per heavy atom. The number of aliphatic hydroxyl groups is 1. The number of aryl methyl sites for hydroxylation is 1. The Kier molecular flexibility index (Phi) is 4.92. The topological polar surface area (TPSA) is 110 Å². The van der Waals surface area contributed by atoms with E-state index in [0.29, 0.717) is 6.07 Å². The second kappa shape index (κ2) is 6.04. The van der Waals surface area contributed by atoms with Crippen LogP contribution in [0.4, 0.5) is 10.1 Å². The predicted octanol–water partition coefficient (Wildman–Crippen LogP) is 0.703. The monoisotopic (exact) mass is 292 g/mol. The fourth-order valence-electron chi connectivity index (χ4n) is 1.38. The van der Waals surface area contributed by atoms with Crippen molar-refractivity contribution in [3.63, 3.8) is 0 Å². The molecule has 0 amide bonds. The Labute approximate surface area is 109 Å². The molecule has 19 heavy (non-hydrogen) atoms. The van der Waals surface area contributed by atoms with E-state index in [0.717, 1.165) is 6.07 Å². The second-order valence-corrected chi connectivity index (χ2v) is 5.57. The number of nitro groups is 1. The van der Waals surface area contributed by atoms with Gasteiger partial charge < -0.3 is 5.11 Å². The Balaban J connectivity index is 3.17. The first-order valence-corrected chi connectivity index (χ1v) is 6.83. The molecule has 7 nitrogen and oxygen atoms in total. The minimum absolute atomic E-state index is 0.0109. The van der Waals surface area contributed by atoms with Crippen molar-refractivity contribution in [3.8, 4) is 0 Å². The van der Waals surface area contributed by atoms with Crippen molar-refractivity contribution in [1.82, 2.24) is 4.72 Å². The van der Waals surface area contributed by atoms with Crippen molar-refractivity contribution in [2.24, 2.45) is 0 Å². The molecular formula is C10H13FN2O5S. The lowest BCUT2D eigenvalue weighted by molar-refractivity contribution is -0.387. The van der Waals surface area contributed by atoms with Gasteiger partial charge in [-0.2, -0.15) is 4.39 Å². The van der Waals surface area contributed by atoms with Gasteiger partial charge in [0.25, 0.3) is 0 Å². The van der Waals surface area contributed by atoms with Crippen LogP contribution >= 0.6 is 0 Å². The first kappa shape index (κ1) is 15.5. The molecule has 0 heterocycles. The van der Waals surface area contributed by atoms with Gasteiger partial charge in [0.2, 0.25) is 15.8 Å². The highest BCUT2D eigenvalue weighted by atomic mass is 32.2. The summed E-state index contributed by atoms with van der Waals surface area (Å²) in [7, 11) is -3.96. The van der Waals surface area contributed by atoms with Crippen LogP contribution in [-0.2, 0) is 10.0 Å². The van der Waals surface area contributed by atoms with Crippen LogP contribution in [0.5, 0.6) is 0 Å². The van der Waals surface area contributed by atoms with E-state index in [1.165, 1.54) is 6.92 Å². The molecule has 0 radical (unpaired) electrons. The number of aliphatic hydroxyl groups excluding tert-OH is 1. The largest absolute Gasteiger partial charge is 0.396 e. The highest BCUT2D eigenvalue weighted by Gasteiger charge is 2.23. The zero-order valence-electron chi connectivity index (χ0n) is 10.1. The Morgan fingerprint density at radius 3 is 2.63 bits per heavy atom. The van der Waals surface area contributed by atoms with Crippen LogP contribution in [0, 0.1) is 22.9 Å². The summed E-state index contributed by atoms with van der Waals surface area (Å²) < 4.78 is 39.2. The molecule has 0 aliphatic carbocycles. The maximum absolute atomic E-state index is 13.4. The first-order chi connectivity index (χ1) is 8.79. The number of hydrogen-bond donors (Lipinski definition) is 2. The van der Waals surface area contributed by atoms with Crippen LogP contribution in [0.3, 0.4) is 0 Å². The van der Waals surface area contributed by atoms with E-state index in [1.54, 1.807) is 0 Å². The van der Waals surface area contributed by atoms with Crippen molar-refractivity contribution < 1.29 is 22.8 Å². The van der Waals surface area contributed by atoms with Crippen molar-refractivity contribution in [2.45, 2.75) is 18.2 Å². The molecule has 0 unspecified atom stereocenters. The molecule has 2 N–H and O–H groups in total. The number of nitro benzene ring substituents is 1. The molecule has 0 aliphatic heterocycles. The fraction of sp³-hybridized carbons (Fsp3) is 0.400. The smallest absolute Gasteiger partial charge is 0.306 e. The molecule has 0 aliphatic rings. The van der Waals surface area contributed by atoms with Gasteiger partial charge >= 0.3 is 5.69 Å². The molecule has 9 heteroatoms. The maximum atomic E-state index is 13.4. The predicted molar refractivity (Wildman–Crippen MR) is 64.7 cm³/mol. The number of nitrogens with one attached hydrogen (secondary N) is 1. The normalized spacial score (nSPS) is 11.5. The van der Waals surface area contributed by atoms with E-state index in [2.05, 4.69) is 4.72 Å². The van der Waals surface area contributed by atoms with Crippen LogP contribution in [0.1, 0.15) is 12.0 Å². The molecule has 0 aromatic heterocycles. The first-order valence-electron chi connectivity index (χ1n) is 5.34. The third-order valence-corrected chi connectivity index (χ3v) is 3.78.